The van der Waals surface area contributed by atoms with Gasteiger partial charge in [0.25, 0.3) is 0 Å². The van der Waals surface area contributed by atoms with E-state index in [-0.39, 0.29) is 0 Å². The van der Waals surface area contributed by atoms with Crippen LogP contribution in [0.2, 0.25) is 0 Å². The van der Waals surface area contributed by atoms with Crippen molar-refractivity contribution in [1.82, 2.24) is 0 Å². The molecule has 1 atom stereocenters. The predicted octanol–water partition coefficient (Wildman–Crippen LogP) is 2.10. The molecule has 0 fully saturated rings. The molecule has 0 heterocycles. The van der Waals surface area contributed by atoms with Gasteiger partial charge in [-0.2, -0.15) is 0 Å². The Balaban J connectivity index is 2.95. The summed E-state index contributed by atoms with van der Waals surface area (Å²) in [7, 11) is 3.21. The molecule has 0 saturated heterocycles. The van der Waals surface area contributed by atoms with Gasteiger partial charge in [0.15, 0.2) is 0 Å². The van der Waals surface area contributed by atoms with E-state index >= 15 is 0 Å². The lowest BCUT2D eigenvalue weighted by atomic mass is 9.97. The molecule has 4 heteroatoms. The number of carboxylic acids is 1. The van der Waals surface area contributed by atoms with Gasteiger partial charge < -0.3 is 14.6 Å². The minimum absolute atomic E-state index is 0.419. The maximum Gasteiger partial charge on any atom is 0.306 e. The van der Waals surface area contributed by atoms with E-state index in [0.29, 0.717) is 13.0 Å². The van der Waals surface area contributed by atoms with Crippen LogP contribution in [0.15, 0.2) is 18.2 Å². The number of ether oxygens (including phenoxy) is 2. The third-order valence-corrected chi connectivity index (χ3v) is 2.66. The zero-order valence-electron chi connectivity index (χ0n) is 10.4. The molecular formula is C13H18O4. The summed E-state index contributed by atoms with van der Waals surface area (Å²) in [5.74, 6) is -0.480. The first-order chi connectivity index (χ1) is 8.08. The van der Waals surface area contributed by atoms with Gasteiger partial charge in [-0.1, -0.05) is 13.0 Å². The fraction of sp³-hybridized carbons (Fsp3) is 0.462. The zero-order valence-corrected chi connectivity index (χ0v) is 10.4. The van der Waals surface area contributed by atoms with Crippen molar-refractivity contribution in [1.29, 1.82) is 0 Å². The Morgan fingerprint density at radius 3 is 2.59 bits per heavy atom. The van der Waals surface area contributed by atoms with Gasteiger partial charge in [0.05, 0.1) is 19.6 Å². The average Bonchev–Trinajstić information content (AvgIpc) is 2.31. The molecule has 0 radical (unpaired) electrons. The molecule has 0 aromatic heterocycles. The van der Waals surface area contributed by atoms with Crippen molar-refractivity contribution >= 4 is 5.97 Å². The summed E-state index contributed by atoms with van der Waals surface area (Å²) >= 11 is 0. The molecule has 17 heavy (non-hydrogen) atoms. The highest BCUT2D eigenvalue weighted by Gasteiger charge is 2.14. The van der Waals surface area contributed by atoms with Crippen molar-refractivity contribution in [2.45, 2.75) is 20.0 Å². The molecule has 1 rings (SSSR count). The Morgan fingerprint density at radius 2 is 2.06 bits per heavy atom. The molecule has 0 saturated carbocycles. The quantitative estimate of drug-likeness (QED) is 0.824. The topological polar surface area (TPSA) is 55.8 Å². The average molecular weight is 238 g/mol. The molecule has 1 unspecified atom stereocenters. The van der Waals surface area contributed by atoms with E-state index in [1.807, 2.05) is 18.2 Å². The number of methoxy groups -OCH3 is 2. The highest BCUT2D eigenvalue weighted by Crippen LogP contribution is 2.21. The summed E-state index contributed by atoms with van der Waals surface area (Å²) < 4.78 is 10.2. The first kappa shape index (κ1) is 13.5. The SMILES string of the molecule is COCc1ccc(OC)cc1CC(C)C(=O)O. The fourth-order valence-electron chi connectivity index (χ4n) is 1.63. The van der Waals surface area contributed by atoms with Crippen LogP contribution >= 0.6 is 0 Å². The smallest absolute Gasteiger partial charge is 0.306 e. The molecule has 0 amide bonds. The molecule has 1 aromatic carbocycles. The van der Waals surface area contributed by atoms with Gasteiger partial charge in [0.1, 0.15) is 5.75 Å². The van der Waals surface area contributed by atoms with Crippen LogP contribution in [0.3, 0.4) is 0 Å². The predicted molar refractivity (Wildman–Crippen MR) is 64.2 cm³/mol. The lowest BCUT2D eigenvalue weighted by Crippen LogP contribution is -2.13. The first-order valence-corrected chi connectivity index (χ1v) is 5.46. The zero-order chi connectivity index (χ0) is 12.8. The van der Waals surface area contributed by atoms with E-state index in [0.717, 1.165) is 16.9 Å². The molecule has 94 valence electrons. The van der Waals surface area contributed by atoms with E-state index in [1.165, 1.54) is 0 Å². The van der Waals surface area contributed by atoms with Gasteiger partial charge in [-0.05, 0) is 29.7 Å². The largest absolute Gasteiger partial charge is 0.497 e. The van der Waals surface area contributed by atoms with Crippen LogP contribution < -0.4 is 4.74 Å². The van der Waals surface area contributed by atoms with Crippen molar-refractivity contribution in [3.8, 4) is 5.75 Å². The molecule has 1 N–H and O–H groups in total. The minimum atomic E-state index is -0.795. The summed E-state index contributed by atoms with van der Waals surface area (Å²) in [5.41, 5.74) is 1.96. The van der Waals surface area contributed by atoms with E-state index in [1.54, 1.807) is 21.1 Å². The van der Waals surface area contributed by atoms with E-state index in [2.05, 4.69) is 0 Å². The third kappa shape index (κ3) is 3.75. The second-order valence-electron chi connectivity index (χ2n) is 4.01. The van der Waals surface area contributed by atoms with Crippen molar-refractivity contribution in [3.05, 3.63) is 29.3 Å². The normalized spacial score (nSPS) is 12.2. The maximum atomic E-state index is 10.9. The number of aliphatic carboxylic acids is 1. The summed E-state index contributed by atoms with van der Waals surface area (Å²) in [6, 6.07) is 5.63. The molecule has 0 aliphatic heterocycles. The van der Waals surface area contributed by atoms with Gasteiger partial charge in [-0.25, -0.2) is 0 Å². The number of carbonyl (C=O) groups is 1. The molecule has 4 nitrogen and oxygen atoms in total. The summed E-state index contributed by atoms with van der Waals surface area (Å²) in [6.07, 6.45) is 0.477. The number of benzene rings is 1. The van der Waals surface area contributed by atoms with Gasteiger partial charge in [0, 0.05) is 7.11 Å². The van der Waals surface area contributed by atoms with Crippen LogP contribution in [-0.4, -0.2) is 25.3 Å². The third-order valence-electron chi connectivity index (χ3n) is 2.66. The van der Waals surface area contributed by atoms with Gasteiger partial charge in [-0.15, -0.1) is 0 Å². The Kier molecular flexibility index (Phi) is 4.97. The summed E-state index contributed by atoms with van der Waals surface area (Å²) in [5, 5.41) is 8.93. The second kappa shape index (κ2) is 6.25. The van der Waals surface area contributed by atoms with Crippen molar-refractivity contribution in [2.75, 3.05) is 14.2 Å². The summed E-state index contributed by atoms with van der Waals surface area (Å²) in [4.78, 5) is 10.9. The Labute approximate surface area is 101 Å². The molecule has 1 aromatic rings. The highest BCUT2D eigenvalue weighted by atomic mass is 16.5. The van der Waals surface area contributed by atoms with Crippen molar-refractivity contribution in [3.63, 3.8) is 0 Å². The number of rotatable bonds is 6. The van der Waals surface area contributed by atoms with Crippen molar-refractivity contribution in [2.24, 2.45) is 5.92 Å². The van der Waals surface area contributed by atoms with E-state index in [9.17, 15) is 4.79 Å². The van der Waals surface area contributed by atoms with Crippen LogP contribution in [0.25, 0.3) is 0 Å². The van der Waals surface area contributed by atoms with Gasteiger partial charge in [0.2, 0.25) is 0 Å². The molecule has 0 bridgehead atoms. The Bertz CT molecular complexity index is 387. The second-order valence-corrected chi connectivity index (χ2v) is 4.01. The molecule has 0 spiro atoms. The van der Waals surface area contributed by atoms with E-state index < -0.39 is 11.9 Å². The standard InChI is InChI=1S/C13H18O4/c1-9(13(14)15)6-11-7-12(17-3)5-4-10(11)8-16-2/h4-5,7,9H,6,8H2,1-3H3,(H,14,15). The van der Waals surface area contributed by atoms with Crippen LogP contribution in [-0.2, 0) is 22.6 Å². The lowest BCUT2D eigenvalue weighted by molar-refractivity contribution is -0.141. The number of hydrogen-bond acceptors (Lipinski definition) is 3. The fourth-order valence-corrected chi connectivity index (χ4v) is 1.63. The highest BCUT2D eigenvalue weighted by molar-refractivity contribution is 5.70. The first-order valence-electron chi connectivity index (χ1n) is 5.46. The Hall–Kier alpha value is -1.55. The lowest BCUT2D eigenvalue weighted by Gasteiger charge is -2.13. The number of hydrogen-bond donors (Lipinski definition) is 1. The monoisotopic (exact) mass is 238 g/mol. The van der Waals surface area contributed by atoms with E-state index in [4.69, 9.17) is 14.6 Å². The molecule has 0 aliphatic rings. The van der Waals surface area contributed by atoms with Gasteiger partial charge >= 0.3 is 5.97 Å². The van der Waals surface area contributed by atoms with Crippen molar-refractivity contribution < 1.29 is 19.4 Å². The molecule has 0 aliphatic carbocycles. The van der Waals surface area contributed by atoms with Crippen LogP contribution in [0.1, 0.15) is 18.1 Å². The minimum Gasteiger partial charge on any atom is -0.497 e. The Morgan fingerprint density at radius 1 is 1.35 bits per heavy atom. The molecular weight excluding hydrogens is 220 g/mol. The maximum absolute atomic E-state index is 10.9. The van der Waals surface area contributed by atoms with Crippen LogP contribution in [0, 0.1) is 5.92 Å². The number of carboxylic acid groups (broad SMARTS) is 1. The summed E-state index contributed by atoms with van der Waals surface area (Å²) in [6.45, 7) is 2.17. The van der Waals surface area contributed by atoms with Crippen LogP contribution in [0.4, 0.5) is 0 Å². The van der Waals surface area contributed by atoms with Gasteiger partial charge in [-0.3, -0.25) is 4.79 Å². The van der Waals surface area contributed by atoms with Crippen LogP contribution in [0.5, 0.6) is 5.75 Å².